The molecule has 1 aliphatic heterocycles. The summed E-state index contributed by atoms with van der Waals surface area (Å²) in [6.45, 7) is 0. The van der Waals surface area contributed by atoms with Crippen molar-refractivity contribution < 1.29 is 14.3 Å². The van der Waals surface area contributed by atoms with Gasteiger partial charge in [0.1, 0.15) is 0 Å². The molecule has 0 atom stereocenters. The van der Waals surface area contributed by atoms with Crippen molar-refractivity contribution in [1.82, 2.24) is 9.47 Å². The Labute approximate surface area is 197 Å². The normalized spacial score (nSPS) is 16.0. The molecule has 1 saturated heterocycles. The molecule has 2 aromatic carbocycles. The third kappa shape index (κ3) is 4.70. The maximum atomic E-state index is 12.9. The van der Waals surface area contributed by atoms with Gasteiger partial charge in [-0.3, -0.25) is 9.69 Å². The van der Waals surface area contributed by atoms with E-state index in [1.807, 2.05) is 43.1 Å². The Balaban J connectivity index is 1.58. The second kappa shape index (κ2) is 9.38. The van der Waals surface area contributed by atoms with Gasteiger partial charge in [0.25, 0.3) is 5.91 Å². The lowest BCUT2D eigenvalue weighted by molar-refractivity contribution is -0.121. The first-order valence-corrected chi connectivity index (χ1v) is 11.1. The van der Waals surface area contributed by atoms with Crippen LogP contribution in [0.4, 0.5) is 11.4 Å². The molecule has 1 amide bonds. The molecule has 8 heteroatoms. The molecular formula is C25H24N4O3S. The number of thioether (sulfide) groups is 1. The molecule has 0 saturated carbocycles. The van der Waals surface area contributed by atoms with Crippen LogP contribution in [0.2, 0.25) is 0 Å². The van der Waals surface area contributed by atoms with Crippen molar-refractivity contribution >= 4 is 46.3 Å². The van der Waals surface area contributed by atoms with Crippen LogP contribution in [-0.2, 0) is 9.53 Å². The number of esters is 1. The molecule has 0 spiro atoms. The Morgan fingerprint density at radius 3 is 2.39 bits per heavy atom. The average Bonchev–Trinajstić information content (AvgIpc) is 3.39. The van der Waals surface area contributed by atoms with Crippen molar-refractivity contribution in [2.24, 2.45) is 4.99 Å². The number of amides is 1. The van der Waals surface area contributed by atoms with Gasteiger partial charge in [0.05, 0.1) is 23.3 Å². The van der Waals surface area contributed by atoms with E-state index in [2.05, 4.69) is 34.2 Å². The molecule has 33 heavy (non-hydrogen) atoms. The van der Waals surface area contributed by atoms with Crippen LogP contribution in [0.3, 0.4) is 0 Å². The van der Waals surface area contributed by atoms with Crippen LogP contribution < -0.4 is 4.90 Å². The summed E-state index contributed by atoms with van der Waals surface area (Å²) >= 11 is 1.32. The van der Waals surface area contributed by atoms with E-state index in [4.69, 9.17) is 4.74 Å². The van der Waals surface area contributed by atoms with Crippen LogP contribution in [-0.4, -0.2) is 54.8 Å². The average molecular weight is 461 g/mol. The van der Waals surface area contributed by atoms with Crippen molar-refractivity contribution in [3.63, 3.8) is 0 Å². The van der Waals surface area contributed by atoms with Crippen LogP contribution in [0.5, 0.6) is 0 Å². The quantitative estimate of drug-likeness (QED) is 0.412. The summed E-state index contributed by atoms with van der Waals surface area (Å²) in [5, 5.41) is 0.575. The maximum absolute atomic E-state index is 12.9. The highest BCUT2D eigenvalue weighted by molar-refractivity contribution is 8.18. The van der Waals surface area contributed by atoms with E-state index in [1.54, 1.807) is 31.3 Å². The number of benzene rings is 2. The van der Waals surface area contributed by atoms with Gasteiger partial charge in [0.15, 0.2) is 5.17 Å². The van der Waals surface area contributed by atoms with Crippen LogP contribution >= 0.6 is 11.8 Å². The number of aliphatic imine (C=N–C) groups is 1. The van der Waals surface area contributed by atoms with Crippen LogP contribution in [0, 0.1) is 0 Å². The number of anilines is 1. The number of likely N-dealkylation sites (N-methyl/N-ethyl adjacent to an activating group) is 1. The summed E-state index contributed by atoms with van der Waals surface area (Å²) in [6.07, 6.45) is 3.86. The second-order valence-electron chi connectivity index (χ2n) is 7.62. The maximum Gasteiger partial charge on any atom is 0.337 e. The second-order valence-corrected chi connectivity index (χ2v) is 8.63. The zero-order valence-electron chi connectivity index (χ0n) is 18.9. The van der Waals surface area contributed by atoms with Gasteiger partial charge in [-0.25, -0.2) is 9.79 Å². The summed E-state index contributed by atoms with van der Waals surface area (Å²) in [5.41, 5.74) is 4.14. The Hall–Kier alpha value is -3.78. The molecule has 168 valence electrons. The molecule has 1 aliphatic rings. The summed E-state index contributed by atoms with van der Waals surface area (Å²) in [4.78, 5) is 33.2. The van der Waals surface area contributed by atoms with Crippen LogP contribution in [0.1, 0.15) is 16.1 Å². The number of hydrogen-bond donors (Lipinski definition) is 0. The standard InChI is InChI=1S/C25H24N4O3S/c1-27(2)19-11-13-20(14-12-19)29-15-5-6-21(29)16-22-23(30)28(3)25(33-22)26-18-9-7-17(8-10-18)24(31)32-4/h5-16H,1-4H3/b22-16-,26-25?. The monoisotopic (exact) mass is 460 g/mol. The van der Waals surface area contributed by atoms with Gasteiger partial charge in [-0.15, -0.1) is 0 Å². The minimum Gasteiger partial charge on any atom is -0.465 e. The lowest BCUT2D eigenvalue weighted by Gasteiger charge is -2.13. The molecule has 2 heterocycles. The molecule has 4 rings (SSSR count). The highest BCUT2D eigenvalue weighted by Crippen LogP contribution is 2.33. The van der Waals surface area contributed by atoms with Gasteiger partial charge >= 0.3 is 5.97 Å². The third-order valence-electron chi connectivity index (χ3n) is 5.22. The highest BCUT2D eigenvalue weighted by atomic mass is 32.2. The number of nitrogens with zero attached hydrogens (tertiary/aromatic N) is 4. The molecular weight excluding hydrogens is 436 g/mol. The van der Waals surface area contributed by atoms with E-state index in [-0.39, 0.29) is 5.91 Å². The van der Waals surface area contributed by atoms with Gasteiger partial charge in [0, 0.05) is 44.4 Å². The largest absolute Gasteiger partial charge is 0.465 e. The SMILES string of the molecule is COC(=O)c1ccc(N=C2S/C(=C\c3cccn3-c3ccc(N(C)C)cc3)C(=O)N2C)cc1. The number of aromatic nitrogens is 1. The van der Waals surface area contributed by atoms with Gasteiger partial charge < -0.3 is 14.2 Å². The first kappa shape index (κ1) is 22.4. The molecule has 1 aromatic heterocycles. The molecule has 0 bridgehead atoms. The molecule has 0 N–H and O–H groups in total. The van der Waals surface area contributed by atoms with E-state index in [9.17, 15) is 9.59 Å². The van der Waals surface area contributed by atoms with Crippen molar-refractivity contribution in [3.05, 3.63) is 83.0 Å². The zero-order valence-corrected chi connectivity index (χ0v) is 19.7. The number of hydrogen-bond acceptors (Lipinski definition) is 6. The fraction of sp³-hybridized carbons (Fsp3) is 0.160. The number of methoxy groups -OCH3 is 1. The van der Waals surface area contributed by atoms with E-state index in [1.165, 1.54) is 23.8 Å². The lowest BCUT2D eigenvalue weighted by atomic mass is 10.2. The Kier molecular flexibility index (Phi) is 6.37. The highest BCUT2D eigenvalue weighted by Gasteiger charge is 2.30. The summed E-state index contributed by atoms with van der Waals surface area (Å²) in [5.74, 6) is -0.512. The van der Waals surface area contributed by atoms with Crippen molar-refractivity contribution in [2.75, 3.05) is 33.2 Å². The fourth-order valence-electron chi connectivity index (χ4n) is 3.34. The predicted octanol–water partition coefficient (Wildman–Crippen LogP) is 4.56. The van der Waals surface area contributed by atoms with Crippen molar-refractivity contribution in [1.29, 1.82) is 0 Å². The van der Waals surface area contributed by atoms with Gasteiger partial charge in [-0.2, -0.15) is 0 Å². The topological polar surface area (TPSA) is 67.1 Å². The predicted molar refractivity (Wildman–Crippen MR) is 133 cm³/mol. The van der Waals surface area contributed by atoms with E-state index >= 15 is 0 Å². The first-order chi connectivity index (χ1) is 15.9. The van der Waals surface area contributed by atoms with E-state index in [0.29, 0.717) is 21.3 Å². The Morgan fingerprint density at radius 2 is 1.76 bits per heavy atom. The van der Waals surface area contributed by atoms with Gasteiger partial charge in [-0.1, -0.05) is 0 Å². The number of amidine groups is 1. The van der Waals surface area contributed by atoms with Crippen molar-refractivity contribution in [2.45, 2.75) is 0 Å². The molecule has 0 unspecified atom stereocenters. The summed E-state index contributed by atoms with van der Waals surface area (Å²) in [6, 6.07) is 18.9. The number of carbonyl (C=O) groups excluding carboxylic acids is 2. The van der Waals surface area contributed by atoms with Gasteiger partial charge in [-0.05, 0) is 78.5 Å². The minimum atomic E-state index is -0.402. The summed E-state index contributed by atoms with van der Waals surface area (Å²) in [7, 11) is 7.06. The molecule has 7 nitrogen and oxygen atoms in total. The Bertz CT molecular complexity index is 1240. The fourth-order valence-corrected chi connectivity index (χ4v) is 4.32. The number of rotatable bonds is 5. The smallest absolute Gasteiger partial charge is 0.337 e. The van der Waals surface area contributed by atoms with Crippen LogP contribution in [0.25, 0.3) is 11.8 Å². The van der Waals surface area contributed by atoms with E-state index < -0.39 is 5.97 Å². The molecule has 0 aliphatic carbocycles. The number of carbonyl (C=O) groups is 2. The third-order valence-corrected chi connectivity index (χ3v) is 6.28. The summed E-state index contributed by atoms with van der Waals surface area (Å²) < 4.78 is 6.76. The molecule has 1 fully saturated rings. The Morgan fingerprint density at radius 1 is 1.06 bits per heavy atom. The number of ether oxygens (including phenoxy) is 1. The first-order valence-electron chi connectivity index (χ1n) is 10.3. The zero-order chi connectivity index (χ0) is 23.5. The molecule has 3 aromatic rings. The minimum absolute atomic E-state index is 0.111. The van der Waals surface area contributed by atoms with E-state index in [0.717, 1.165) is 17.1 Å². The van der Waals surface area contributed by atoms with Crippen LogP contribution in [0.15, 0.2) is 76.8 Å². The molecule has 0 radical (unpaired) electrons. The van der Waals surface area contributed by atoms with Gasteiger partial charge in [0.2, 0.25) is 0 Å². The van der Waals surface area contributed by atoms with Crippen molar-refractivity contribution in [3.8, 4) is 5.69 Å². The lowest BCUT2D eigenvalue weighted by Crippen LogP contribution is -2.23.